The van der Waals surface area contributed by atoms with Gasteiger partial charge in [-0.2, -0.15) is 0 Å². The van der Waals surface area contributed by atoms with Crippen LogP contribution in [0.1, 0.15) is 27.9 Å². The molecule has 6 nitrogen and oxygen atoms in total. The number of esters is 1. The highest BCUT2D eigenvalue weighted by molar-refractivity contribution is 5.92. The standard InChI is InChI=1S/C14H16N2O4/c1-10-11(6-4-5-7-15-2)8-12(16(18)19)9-13(10)14(17)20-3/h8-9,15H,5,7H2,1-3H3. The molecule has 1 rings (SSSR count). The number of carbonyl (C=O) groups is 1. The lowest BCUT2D eigenvalue weighted by Gasteiger charge is -2.06. The topological polar surface area (TPSA) is 81.5 Å². The minimum atomic E-state index is -0.607. The van der Waals surface area contributed by atoms with Gasteiger partial charge < -0.3 is 10.1 Å². The summed E-state index contributed by atoms with van der Waals surface area (Å²) in [7, 11) is 3.05. The molecule has 1 aromatic carbocycles. The van der Waals surface area contributed by atoms with Gasteiger partial charge in [-0.25, -0.2) is 4.79 Å². The molecule has 0 bridgehead atoms. The maximum atomic E-state index is 11.6. The number of non-ortho nitro benzene ring substituents is 1. The molecule has 0 spiro atoms. The molecular formula is C14H16N2O4. The van der Waals surface area contributed by atoms with Crippen LogP contribution in [0.2, 0.25) is 0 Å². The molecule has 1 N–H and O–H groups in total. The molecule has 0 atom stereocenters. The van der Waals surface area contributed by atoms with Crippen molar-refractivity contribution in [2.24, 2.45) is 0 Å². The molecule has 0 aliphatic carbocycles. The minimum absolute atomic E-state index is 0.166. The van der Waals surface area contributed by atoms with E-state index in [4.69, 9.17) is 0 Å². The second kappa shape index (κ2) is 7.26. The van der Waals surface area contributed by atoms with Gasteiger partial charge in [-0.1, -0.05) is 11.8 Å². The van der Waals surface area contributed by atoms with Gasteiger partial charge >= 0.3 is 5.97 Å². The van der Waals surface area contributed by atoms with E-state index in [2.05, 4.69) is 21.9 Å². The average Bonchev–Trinajstić information content (AvgIpc) is 2.44. The summed E-state index contributed by atoms with van der Waals surface area (Å²) in [5.41, 5.74) is 1.05. The molecule has 106 valence electrons. The third-order valence-electron chi connectivity index (χ3n) is 2.73. The molecule has 0 aliphatic heterocycles. The van der Waals surface area contributed by atoms with Gasteiger partial charge in [0.2, 0.25) is 0 Å². The molecular weight excluding hydrogens is 260 g/mol. The smallest absolute Gasteiger partial charge is 0.338 e. The molecule has 0 saturated heterocycles. The predicted molar refractivity (Wildman–Crippen MR) is 74.6 cm³/mol. The van der Waals surface area contributed by atoms with Crippen molar-refractivity contribution in [1.29, 1.82) is 0 Å². The Morgan fingerprint density at radius 1 is 1.50 bits per heavy atom. The number of ether oxygens (including phenoxy) is 1. The van der Waals surface area contributed by atoms with E-state index >= 15 is 0 Å². The predicted octanol–water partition coefficient (Wildman–Crippen LogP) is 1.65. The Hall–Kier alpha value is -2.39. The molecule has 6 heteroatoms. The fourth-order valence-corrected chi connectivity index (χ4v) is 1.60. The normalized spacial score (nSPS) is 9.55. The summed E-state index contributed by atoms with van der Waals surface area (Å²) in [5, 5.41) is 13.9. The Labute approximate surface area is 117 Å². The van der Waals surface area contributed by atoms with Crippen molar-refractivity contribution in [3.63, 3.8) is 0 Å². The lowest BCUT2D eigenvalue weighted by molar-refractivity contribution is -0.384. The van der Waals surface area contributed by atoms with Crippen LogP contribution in [0.25, 0.3) is 0 Å². The number of rotatable bonds is 4. The number of hydrogen-bond acceptors (Lipinski definition) is 5. The van der Waals surface area contributed by atoms with Crippen LogP contribution in [0.5, 0.6) is 0 Å². The van der Waals surface area contributed by atoms with Gasteiger partial charge in [0, 0.05) is 30.7 Å². The van der Waals surface area contributed by atoms with E-state index < -0.39 is 10.9 Å². The zero-order chi connectivity index (χ0) is 15.1. The molecule has 0 heterocycles. The van der Waals surface area contributed by atoms with Crippen LogP contribution < -0.4 is 5.32 Å². The molecule has 0 aliphatic rings. The first-order chi connectivity index (χ1) is 9.51. The Balaban J connectivity index is 3.27. The summed E-state index contributed by atoms with van der Waals surface area (Å²) in [5.74, 6) is 5.16. The van der Waals surface area contributed by atoms with Gasteiger partial charge in [-0.15, -0.1) is 0 Å². The summed E-state index contributed by atoms with van der Waals surface area (Å²) < 4.78 is 4.63. The van der Waals surface area contributed by atoms with E-state index in [1.54, 1.807) is 6.92 Å². The first-order valence-electron chi connectivity index (χ1n) is 6.02. The average molecular weight is 276 g/mol. The highest BCUT2D eigenvalue weighted by Gasteiger charge is 2.18. The fraction of sp³-hybridized carbons (Fsp3) is 0.357. The van der Waals surface area contributed by atoms with Crippen LogP contribution in [0.3, 0.4) is 0 Å². The van der Waals surface area contributed by atoms with E-state index in [1.165, 1.54) is 19.2 Å². The molecule has 1 aromatic rings. The maximum absolute atomic E-state index is 11.6. The third-order valence-corrected chi connectivity index (χ3v) is 2.73. The van der Waals surface area contributed by atoms with Gasteiger partial charge in [0.15, 0.2) is 0 Å². The van der Waals surface area contributed by atoms with Crippen molar-refractivity contribution >= 4 is 11.7 Å². The van der Waals surface area contributed by atoms with E-state index in [1.807, 2.05) is 7.05 Å². The number of nitro benzene ring substituents is 1. The van der Waals surface area contributed by atoms with Crippen LogP contribution in [-0.2, 0) is 4.74 Å². The van der Waals surface area contributed by atoms with Crippen molar-refractivity contribution in [2.45, 2.75) is 13.3 Å². The number of carbonyl (C=O) groups excluding carboxylic acids is 1. The Morgan fingerprint density at radius 3 is 2.75 bits per heavy atom. The SMILES string of the molecule is CNCCC#Cc1cc([N+](=O)[O-])cc(C(=O)OC)c1C. The Morgan fingerprint density at radius 2 is 2.20 bits per heavy atom. The molecule has 20 heavy (non-hydrogen) atoms. The van der Waals surface area contributed by atoms with Crippen molar-refractivity contribution in [3.05, 3.63) is 38.9 Å². The summed E-state index contributed by atoms with van der Waals surface area (Å²) in [6.45, 7) is 2.42. The van der Waals surface area contributed by atoms with Gasteiger partial charge in [0.1, 0.15) is 0 Å². The van der Waals surface area contributed by atoms with E-state index in [9.17, 15) is 14.9 Å². The first kappa shape index (κ1) is 15.7. The summed E-state index contributed by atoms with van der Waals surface area (Å²) in [6, 6.07) is 2.58. The Bertz CT molecular complexity index is 585. The molecule has 0 radical (unpaired) electrons. The van der Waals surface area contributed by atoms with Crippen molar-refractivity contribution in [2.75, 3.05) is 20.7 Å². The third kappa shape index (κ3) is 3.80. The monoisotopic (exact) mass is 276 g/mol. The molecule has 0 unspecified atom stereocenters. The van der Waals surface area contributed by atoms with Crippen LogP contribution in [0.4, 0.5) is 5.69 Å². The van der Waals surface area contributed by atoms with Crippen LogP contribution in [0.15, 0.2) is 12.1 Å². The summed E-state index contributed by atoms with van der Waals surface area (Å²) >= 11 is 0. The number of nitrogens with one attached hydrogen (secondary N) is 1. The first-order valence-corrected chi connectivity index (χ1v) is 6.02. The van der Waals surface area contributed by atoms with E-state index in [-0.39, 0.29) is 11.3 Å². The number of nitro groups is 1. The molecule has 0 amide bonds. The highest BCUT2D eigenvalue weighted by atomic mass is 16.6. The number of nitrogens with zero attached hydrogens (tertiary/aromatic N) is 1. The largest absolute Gasteiger partial charge is 0.465 e. The minimum Gasteiger partial charge on any atom is -0.465 e. The van der Waals surface area contributed by atoms with E-state index in [0.717, 1.165) is 6.54 Å². The maximum Gasteiger partial charge on any atom is 0.338 e. The van der Waals surface area contributed by atoms with Crippen molar-refractivity contribution in [3.8, 4) is 11.8 Å². The van der Waals surface area contributed by atoms with Crippen molar-refractivity contribution < 1.29 is 14.5 Å². The van der Waals surface area contributed by atoms with Gasteiger partial charge in [0.25, 0.3) is 5.69 Å². The zero-order valence-electron chi connectivity index (χ0n) is 11.6. The second-order valence-corrected chi connectivity index (χ2v) is 4.07. The molecule has 0 fully saturated rings. The molecule has 0 saturated carbocycles. The van der Waals surface area contributed by atoms with Crippen LogP contribution in [-0.4, -0.2) is 31.6 Å². The number of hydrogen-bond donors (Lipinski definition) is 1. The van der Waals surface area contributed by atoms with Gasteiger partial charge in [-0.05, 0) is 19.5 Å². The second-order valence-electron chi connectivity index (χ2n) is 4.07. The summed E-state index contributed by atoms with van der Waals surface area (Å²) in [6.07, 6.45) is 0.617. The van der Waals surface area contributed by atoms with Gasteiger partial charge in [-0.3, -0.25) is 10.1 Å². The number of methoxy groups -OCH3 is 1. The van der Waals surface area contributed by atoms with Gasteiger partial charge in [0.05, 0.1) is 17.6 Å². The van der Waals surface area contributed by atoms with Crippen LogP contribution in [0, 0.1) is 28.9 Å². The van der Waals surface area contributed by atoms with E-state index in [0.29, 0.717) is 17.5 Å². The molecule has 0 aromatic heterocycles. The number of benzene rings is 1. The lowest BCUT2D eigenvalue weighted by atomic mass is 10.0. The van der Waals surface area contributed by atoms with Crippen LogP contribution >= 0.6 is 0 Å². The fourth-order valence-electron chi connectivity index (χ4n) is 1.60. The zero-order valence-corrected chi connectivity index (χ0v) is 11.6. The quantitative estimate of drug-likeness (QED) is 0.297. The van der Waals surface area contributed by atoms with Crippen molar-refractivity contribution in [1.82, 2.24) is 5.32 Å². The Kier molecular flexibility index (Phi) is 5.69. The summed E-state index contributed by atoms with van der Waals surface area (Å²) in [4.78, 5) is 22.0. The lowest BCUT2D eigenvalue weighted by Crippen LogP contribution is -2.07. The highest BCUT2D eigenvalue weighted by Crippen LogP contribution is 2.22.